The molecule has 0 amide bonds. The van der Waals surface area contributed by atoms with Crippen LogP contribution in [0.2, 0.25) is 0 Å². The molecule has 0 aliphatic heterocycles. The molecule has 0 aromatic heterocycles. The quantitative estimate of drug-likeness (QED) is 0.742. The Bertz CT molecular complexity index is 404. The molecule has 2 heteroatoms. The molecule has 1 aliphatic carbocycles. The van der Waals surface area contributed by atoms with E-state index in [4.69, 9.17) is 4.74 Å². The molecule has 1 fully saturated rings. The Balaban J connectivity index is 0.000000921. The van der Waals surface area contributed by atoms with Crippen molar-refractivity contribution in [2.45, 2.75) is 65.9 Å². The molecule has 1 saturated carbocycles. The standard InChI is InChI=1S/C15H20O2.2C2H6/c1-11(17-2)14-7-12(10-16)8-15(9-14)13-5-3-4-6-13;2*1-2/h7-9,13,16H,1,3-6,10H2,2H3;2*1-2H3. The van der Waals surface area contributed by atoms with Crippen molar-refractivity contribution in [2.24, 2.45) is 0 Å². The van der Waals surface area contributed by atoms with Crippen molar-refractivity contribution in [3.63, 3.8) is 0 Å². The highest BCUT2D eigenvalue weighted by Crippen LogP contribution is 2.35. The SMILES string of the molecule is C=C(OC)c1cc(CO)cc(C2CCCC2)c1.CC.CC. The molecule has 21 heavy (non-hydrogen) atoms. The van der Waals surface area contributed by atoms with Gasteiger partial charge >= 0.3 is 0 Å². The maximum atomic E-state index is 9.31. The molecule has 0 spiro atoms. The van der Waals surface area contributed by atoms with Gasteiger partial charge in [-0.3, -0.25) is 0 Å². The monoisotopic (exact) mass is 292 g/mol. The predicted octanol–water partition coefficient (Wildman–Crippen LogP) is 5.51. The van der Waals surface area contributed by atoms with Crippen molar-refractivity contribution < 1.29 is 9.84 Å². The summed E-state index contributed by atoms with van der Waals surface area (Å²) >= 11 is 0. The first-order chi connectivity index (χ1) is 10.2. The van der Waals surface area contributed by atoms with E-state index in [0.29, 0.717) is 11.7 Å². The third kappa shape index (κ3) is 5.92. The molecule has 2 rings (SSSR count). The van der Waals surface area contributed by atoms with Crippen LogP contribution < -0.4 is 0 Å². The summed E-state index contributed by atoms with van der Waals surface area (Å²) in [5.74, 6) is 1.31. The lowest BCUT2D eigenvalue weighted by Gasteiger charge is -2.14. The zero-order chi connectivity index (χ0) is 16.3. The van der Waals surface area contributed by atoms with Crippen molar-refractivity contribution in [3.8, 4) is 0 Å². The average molecular weight is 292 g/mol. The number of methoxy groups -OCH3 is 1. The molecule has 0 bridgehead atoms. The molecule has 1 aromatic rings. The Morgan fingerprint density at radius 2 is 1.71 bits per heavy atom. The minimum Gasteiger partial charge on any atom is -0.497 e. The third-order valence-corrected chi connectivity index (χ3v) is 3.59. The summed E-state index contributed by atoms with van der Waals surface area (Å²) in [7, 11) is 1.63. The van der Waals surface area contributed by atoms with Gasteiger partial charge in [0, 0.05) is 5.56 Å². The van der Waals surface area contributed by atoms with Gasteiger partial charge in [0.1, 0.15) is 5.76 Å². The second-order valence-electron chi connectivity index (χ2n) is 4.73. The second kappa shape index (κ2) is 11.4. The maximum absolute atomic E-state index is 9.31. The summed E-state index contributed by atoms with van der Waals surface area (Å²) < 4.78 is 5.18. The minimum atomic E-state index is 0.0740. The Labute approximate surface area is 130 Å². The molecule has 1 aromatic carbocycles. The van der Waals surface area contributed by atoms with Crippen LogP contribution in [0.3, 0.4) is 0 Å². The lowest BCUT2D eigenvalue weighted by molar-refractivity contribution is 0.281. The number of hydrogen-bond acceptors (Lipinski definition) is 2. The molecular weight excluding hydrogens is 260 g/mol. The topological polar surface area (TPSA) is 29.5 Å². The van der Waals surface area contributed by atoms with Gasteiger partial charge in [-0.15, -0.1) is 0 Å². The molecule has 1 aliphatic rings. The zero-order valence-electron chi connectivity index (χ0n) is 14.4. The van der Waals surface area contributed by atoms with Crippen LogP contribution in [-0.4, -0.2) is 12.2 Å². The van der Waals surface area contributed by atoms with Crippen molar-refractivity contribution >= 4 is 5.76 Å². The molecule has 0 unspecified atom stereocenters. The van der Waals surface area contributed by atoms with Crippen LogP contribution in [-0.2, 0) is 11.3 Å². The summed E-state index contributed by atoms with van der Waals surface area (Å²) in [4.78, 5) is 0. The van der Waals surface area contributed by atoms with Crippen molar-refractivity contribution in [1.82, 2.24) is 0 Å². The van der Waals surface area contributed by atoms with Gasteiger partial charge in [0.25, 0.3) is 0 Å². The maximum Gasteiger partial charge on any atom is 0.118 e. The van der Waals surface area contributed by atoms with E-state index in [1.807, 2.05) is 33.8 Å². The van der Waals surface area contributed by atoms with E-state index >= 15 is 0 Å². The Hall–Kier alpha value is -1.28. The van der Waals surface area contributed by atoms with Crippen molar-refractivity contribution in [2.75, 3.05) is 7.11 Å². The fraction of sp³-hybridized carbons (Fsp3) is 0.579. The van der Waals surface area contributed by atoms with Crippen molar-refractivity contribution in [3.05, 3.63) is 41.5 Å². The van der Waals surface area contributed by atoms with E-state index < -0.39 is 0 Å². The zero-order valence-corrected chi connectivity index (χ0v) is 14.4. The van der Waals surface area contributed by atoms with Gasteiger partial charge in [-0.2, -0.15) is 0 Å². The number of ether oxygens (including phenoxy) is 1. The van der Waals surface area contributed by atoms with Gasteiger partial charge < -0.3 is 9.84 Å². The summed E-state index contributed by atoms with van der Waals surface area (Å²) in [5.41, 5.74) is 3.26. The third-order valence-electron chi connectivity index (χ3n) is 3.59. The smallest absolute Gasteiger partial charge is 0.118 e. The molecule has 0 heterocycles. The Kier molecular flexibility index (Phi) is 10.7. The first-order valence-corrected chi connectivity index (χ1v) is 8.22. The first kappa shape index (κ1) is 19.7. The molecular formula is C19H32O2. The van der Waals surface area contributed by atoms with E-state index in [1.165, 1.54) is 31.2 Å². The Morgan fingerprint density at radius 1 is 1.14 bits per heavy atom. The average Bonchev–Trinajstić information content (AvgIpc) is 3.12. The highest BCUT2D eigenvalue weighted by atomic mass is 16.5. The minimum absolute atomic E-state index is 0.0740. The van der Waals surface area contributed by atoms with Gasteiger partial charge in [0.05, 0.1) is 13.7 Å². The van der Waals surface area contributed by atoms with Gasteiger partial charge in [-0.05, 0) is 42.0 Å². The van der Waals surface area contributed by atoms with Crippen molar-refractivity contribution in [1.29, 1.82) is 0 Å². The van der Waals surface area contributed by atoms with Gasteiger partial charge in [-0.25, -0.2) is 0 Å². The predicted molar refractivity (Wildman–Crippen MR) is 92.3 cm³/mol. The fourth-order valence-electron chi connectivity index (χ4n) is 2.58. The van der Waals surface area contributed by atoms with Crippen LogP contribution in [0.4, 0.5) is 0 Å². The lowest BCUT2D eigenvalue weighted by Crippen LogP contribution is -1.98. The summed E-state index contributed by atoms with van der Waals surface area (Å²) in [6.45, 7) is 12.0. The van der Waals surface area contributed by atoms with Crippen LogP contribution >= 0.6 is 0 Å². The molecule has 2 nitrogen and oxygen atoms in total. The van der Waals surface area contributed by atoms with E-state index in [0.717, 1.165) is 11.1 Å². The number of aliphatic hydroxyl groups is 1. The van der Waals surface area contributed by atoms with Gasteiger partial charge in [0.15, 0.2) is 0 Å². The molecule has 0 saturated heterocycles. The molecule has 0 atom stereocenters. The molecule has 0 radical (unpaired) electrons. The van der Waals surface area contributed by atoms with Crippen LogP contribution in [0.15, 0.2) is 24.8 Å². The van der Waals surface area contributed by atoms with E-state index in [-0.39, 0.29) is 6.61 Å². The number of aliphatic hydroxyl groups excluding tert-OH is 1. The van der Waals surface area contributed by atoms with Crippen LogP contribution in [0, 0.1) is 0 Å². The number of rotatable bonds is 4. The van der Waals surface area contributed by atoms with Crippen LogP contribution in [0.1, 0.15) is 76.0 Å². The largest absolute Gasteiger partial charge is 0.497 e. The second-order valence-corrected chi connectivity index (χ2v) is 4.73. The summed E-state index contributed by atoms with van der Waals surface area (Å²) in [6, 6.07) is 6.22. The fourth-order valence-corrected chi connectivity index (χ4v) is 2.58. The summed E-state index contributed by atoms with van der Waals surface area (Å²) in [5, 5.41) is 9.31. The highest BCUT2D eigenvalue weighted by molar-refractivity contribution is 5.59. The molecule has 1 N–H and O–H groups in total. The van der Waals surface area contributed by atoms with E-state index in [2.05, 4.69) is 18.7 Å². The van der Waals surface area contributed by atoms with E-state index in [1.54, 1.807) is 7.11 Å². The Morgan fingerprint density at radius 3 is 2.19 bits per heavy atom. The highest BCUT2D eigenvalue weighted by Gasteiger charge is 2.18. The number of benzene rings is 1. The van der Waals surface area contributed by atoms with Crippen LogP contribution in [0.25, 0.3) is 5.76 Å². The first-order valence-electron chi connectivity index (χ1n) is 8.22. The molecule has 120 valence electrons. The van der Waals surface area contributed by atoms with E-state index in [9.17, 15) is 5.11 Å². The van der Waals surface area contributed by atoms with Gasteiger partial charge in [-0.1, -0.05) is 53.2 Å². The van der Waals surface area contributed by atoms with Crippen LogP contribution in [0.5, 0.6) is 0 Å². The lowest BCUT2D eigenvalue weighted by atomic mass is 9.93. The summed E-state index contributed by atoms with van der Waals surface area (Å²) in [6.07, 6.45) is 5.14. The normalized spacial score (nSPS) is 13.6. The van der Waals surface area contributed by atoms with Gasteiger partial charge in [0.2, 0.25) is 0 Å². The number of hydrogen-bond donors (Lipinski definition) is 1.